The Kier molecular flexibility index (Phi) is 9.66. The molecule has 1 aliphatic heterocycles. The van der Waals surface area contributed by atoms with E-state index in [-0.39, 0.29) is 24.4 Å². The molecule has 12 heteroatoms. The highest BCUT2D eigenvalue weighted by Gasteiger charge is 2.62. The van der Waals surface area contributed by atoms with Gasteiger partial charge in [-0.3, -0.25) is 19.2 Å². The first kappa shape index (κ1) is 35.7. The van der Waals surface area contributed by atoms with E-state index in [0.717, 1.165) is 16.5 Å². The minimum absolute atomic E-state index is 0.148. The molecule has 0 bridgehead atoms. The third kappa shape index (κ3) is 7.80. The number of fused-ring (bicyclic) bond motifs is 1. The monoisotopic (exact) mass is 681 g/mol. The molecule has 3 aliphatic rings. The molecule has 11 nitrogen and oxygen atoms in total. The Labute approximate surface area is 284 Å². The van der Waals surface area contributed by atoms with Crippen LogP contribution < -0.4 is 20.7 Å². The lowest BCUT2D eigenvalue weighted by Gasteiger charge is -2.42. The average molecular weight is 682 g/mol. The maximum Gasteiger partial charge on any atom is 0.407 e. The number of hydrogen-bond acceptors (Lipinski definition) is 8. The van der Waals surface area contributed by atoms with Gasteiger partial charge in [-0.1, -0.05) is 63.2 Å². The average Bonchev–Trinajstić information content (AvgIpc) is 3.91. The smallest absolute Gasteiger partial charge is 0.407 e. The number of benzene rings is 2. The summed E-state index contributed by atoms with van der Waals surface area (Å²) >= 11 is 0. The van der Waals surface area contributed by atoms with E-state index in [1.807, 2.05) is 72.7 Å². The van der Waals surface area contributed by atoms with Gasteiger partial charge in [0.15, 0.2) is 0 Å². The lowest BCUT2D eigenvalue weighted by molar-refractivity contribution is -0.132. The highest BCUT2D eigenvalue weighted by molar-refractivity contribution is 7.91. The molecule has 1 saturated heterocycles. The zero-order valence-corrected chi connectivity index (χ0v) is 29.9. The predicted octanol–water partition coefficient (Wildman–Crippen LogP) is 4.69. The van der Waals surface area contributed by atoms with Gasteiger partial charge >= 0.3 is 6.09 Å². The van der Waals surface area contributed by atoms with Crippen molar-refractivity contribution in [3.05, 3.63) is 55.1 Å². The Morgan fingerprint density at radius 2 is 1.71 bits per heavy atom. The fourth-order valence-electron chi connectivity index (χ4n) is 6.95. The lowest BCUT2D eigenvalue weighted by Crippen LogP contribution is -2.61. The molecule has 5 rings (SSSR count). The molecule has 0 spiro atoms. The van der Waals surface area contributed by atoms with Crippen molar-refractivity contribution in [1.82, 2.24) is 20.3 Å². The third-order valence-electron chi connectivity index (χ3n) is 9.65. The van der Waals surface area contributed by atoms with Gasteiger partial charge in [0.2, 0.25) is 15.9 Å². The molecule has 2 aromatic carbocycles. The van der Waals surface area contributed by atoms with Gasteiger partial charge in [0.1, 0.15) is 11.1 Å². The molecule has 2 saturated carbocycles. The fraction of sp³-hybridized carbons (Fsp3) is 0.583. The number of hydrogen-bond donors (Lipinski definition) is 4. The van der Waals surface area contributed by atoms with Gasteiger partial charge < -0.3 is 20.7 Å². The van der Waals surface area contributed by atoms with Gasteiger partial charge in [-0.2, -0.15) is 0 Å². The number of amides is 3. The second-order valence-corrected chi connectivity index (χ2v) is 17.7. The summed E-state index contributed by atoms with van der Waals surface area (Å²) in [6, 6.07) is 12.6. The number of nitrogens with one attached hydrogen (secondary N) is 4. The largest absolute Gasteiger partial charge is 0.444 e. The molecule has 2 aliphatic carbocycles. The van der Waals surface area contributed by atoms with E-state index in [9.17, 15) is 22.8 Å². The number of rotatable bonds is 11. The van der Waals surface area contributed by atoms with Crippen LogP contribution in [0.2, 0.25) is 0 Å². The van der Waals surface area contributed by atoms with E-state index < -0.39 is 61.8 Å². The summed E-state index contributed by atoms with van der Waals surface area (Å²) in [5.41, 5.74) is -1.55. The second-order valence-electron chi connectivity index (χ2n) is 15.7. The normalized spacial score (nSPS) is 25.9. The first-order chi connectivity index (χ1) is 22.3. The van der Waals surface area contributed by atoms with Gasteiger partial charge in [-0.05, 0) is 70.2 Å². The molecule has 2 unspecified atom stereocenters. The Morgan fingerprint density at radius 1 is 1.04 bits per heavy atom. The summed E-state index contributed by atoms with van der Waals surface area (Å²) < 4.78 is 33.2. The van der Waals surface area contributed by atoms with Crippen LogP contribution in [0.15, 0.2) is 55.1 Å². The predicted molar refractivity (Wildman–Crippen MR) is 188 cm³/mol. The number of nitrogens with zero attached hydrogens (tertiary/aromatic N) is 1. The van der Waals surface area contributed by atoms with Crippen molar-refractivity contribution < 1.29 is 27.5 Å². The summed E-state index contributed by atoms with van der Waals surface area (Å²) in [5, 5.41) is 11.3. The van der Waals surface area contributed by atoms with Gasteiger partial charge in [0.25, 0.3) is 5.91 Å². The van der Waals surface area contributed by atoms with E-state index in [1.54, 1.807) is 6.08 Å². The van der Waals surface area contributed by atoms with E-state index in [1.165, 1.54) is 0 Å². The van der Waals surface area contributed by atoms with Crippen LogP contribution in [0.5, 0.6) is 0 Å². The quantitative estimate of drug-likeness (QED) is 0.250. The molecule has 0 radical (unpaired) electrons. The molecule has 4 N–H and O–H groups in total. The Hall–Kier alpha value is -3.64. The zero-order valence-electron chi connectivity index (χ0n) is 29.1. The molecule has 3 amide bonds. The van der Waals surface area contributed by atoms with Crippen molar-refractivity contribution in [2.24, 2.45) is 11.3 Å². The molecule has 262 valence electrons. The summed E-state index contributed by atoms with van der Waals surface area (Å²) in [6.45, 7) is 17.8. The van der Waals surface area contributed by atoms with E-state index in [2.05, 4.69) is 50.4 Å². The molecule has 2 aromatic rings. The number of carbonyl (C=O) groups excluding carboxylic acids is 3. The standard InChI is InChI=1S/C36H51N5O6S/c1-9-24-20-36(24,32(43)40-48(45,46)26-17-18-26)39-31(42)29-19-25(37-28-16-12-14-23-13-10-11-15-27(23)28)21-41(29)22(2)30(34(3,4)5)38-33(44)47-35(6,7)8/h9-16,22,24-26,29-30,37H,1,17-21H2,2-8H3,(H,38,44)(H,39,42)(H,40,43)/t22?,24?,25-,29+,30-,36-/m1/s1. The fourth-order valence-corrected chi connectivity index (χ4v) is 8.31. The molecule has 0 aromatic heterocycles. The van der Waals surface area contributed by atoms with Crippen molar-refractivity contribution in [2.75, 3.05) is 11.9 Å². The van der Waals surface area contributed by atoms with Gasteiger partial charge in [0.05, 0.1) is 17.3 Å². The Morgan fingerprint density at radius 3 is 2.31 bits per heavy atom. The molecule has 3 fully saturated rings. The van der Waals surface area contributed by atoms with Crippen LogP contribution in [-0.2, 0) is 24.3 Å². The van der Waals surface area contributed by atoms with Crippen molar-refractivity contribution in [1.29, 1.82) is 0 Å². The third-order valence-corrected chi connectivity index (χ3v) is 11.5. The second kappa shape index (κ2) is 13.0. The maximum atomic E-state index is 14.3. The first-order valence-corrected chi connectivity index (χ1v) is 18.4. The molecule has 1 heterocycles. The van der Waals surface area contributed by atoms with Gasteiger partial charge in [-0.25, -0.2) is 13.2 Å². The Bertz CT molecular complexity index is 1670. The van der Waals surface area contributed by atoms with Crippen molar-refractivity contribution in [3.63, 3.8) is 0 Å². The number of alkyl carbamates (subject to hydrolysis) is 1. The van der Waals surface area contributed by atoms with Crippen LogP contribution >= 0.6 is 0 Å². The molecular formula is C36H51N5O6S. The maximum absolute atomic E-state index is 14.3. The van der Waals surface area contributed by atoms with E-state index >= 15 is 0 Å². The number of carbonyl (C=O) groups is 3. The van der Waals surface area contributed by atoms with Crippen LogP contribution in [0.25, 0.3) is 10.8 Å². The molecule has 6 atom stereocenters. The summed E-state index contributed by atoms with van der Waals surface area (Å²) in [6.07, 6.45) is 2.75. The molecule has 48 heavy (non-hydrogen) atoms. The van der Waals surface area contributed by atoms with Crippen molar-refractivity contribution >= 4 is 44.4 Å². The minimum atomic E-state index is -3.81. The highest BCUT2D eigenvalue weighted by Crippen LogP contribution is 2.45. The Balaban J connectivity index is 1.43. The number of likely N-dealkylation sites (tertiary alicyclic amines) is 1. The van der Waals surface area contributed by atoms with Crippen molar-refractivity contribution in [3.8, 4) is 0 Å². The van der Waals surface area contributed by atoms with Crippen LogP contribution in [0.4, 0.5) is 10.5 Å². The van der Waals surface area contributed by atoms with E-state index in [0.29, 0.717) is 25.8 Å². The van der Waals surface area contributed by atoms with Crippen LogP contribution in [0.3, 0.4) is 0 Å². The molecular weight excluding hydrogens is 630 g/mol. The minimum Gasteiger partial charge on any atom is -0.444 e. The number of sulfonamides is 1. The van der Waals surface area contributed by atoms with Gasteiger partial charge in [0, 0.05) is 35.6 Å². The van der Waals surface area contributed by atoms with Gasteiger partial charge in [-0.15, -0.1) is 6.58 Å². The summed E-state index contributed by atoms with van der Waals surface area (Å²) in [7, 11) is -3.81. The summed E-state index contributed by atoms with van der Waals surface area (Å²) in [5.74, 6) is -1.50. The summed E-state index contributed by atoms with van der Waals surface area (Å²) in [4.78, 5) is 42.9. The van der Waals surface area contributed by atoms with E-state index in [4.69, 9.17) is 4.74 Å². The topological polar surface area (TPSA) is 146 Å². The number of ether oxygens (including phenoxy) is 1. The van der Waals surface area contributed by atoms with Crippen molar-refractivity contribution in [2.45, 2.75) is 115 Å². The van der Waals surface area contributed by atoms with Crippen LogP contribution in [-0.4, -0.2) is 78.3 Å². The van der Waals surface area contributed by atoms with Crippen LogP contribution in [0, 0.1) is 11.3 Å². The lowest BCUT2D eigenvalue weighted by atomic mass is 9.82. The van der Waals surface area contributed by atoms with Crippen LogP contribution in [0.1, 0.15) is 74.1 Å². The first-order valence-electron chi connectivity index (χ1n) is 16.8. The highest BCUT2D eigenvalue weighted by atomic mass is 32.2. The zero-order chi connectivity index (χ0) is 35.2. The SMILES string of the molecule is C=CC1C[C@]1(NC(=O)[C@@H]1C[C@@H](Nc2cccc3ccccc23)CN1C(C)[C@@H](NC(=O)OC(C)(C)C)C(C)(C)C)C(=O)NS(=O)(=O)C1CC1. The number of anilines is 1.